The van der Waals surface area contributed by atoms with Crippen molar-refractivity contribution < 1.29 is 4.79 Å². The lowest BCUT2D eigenvalue weighted by atomic mass is 10.1. The summed E-state index contributed by atoms with van der Waals surface area (Å²) >= 11 is 0. The van der Waals surface area contributed by atoms with Gasteiger partial charge in [0.25, 0.3) is 5.56 Å². The summed E-state index contributed by atoms with van der Waals surface area (Å²) in [6.45, 7) is 2.61. The number of fused-ring (bicyclic) bond motifs is 1. The largest absolute Gasteiger partial charge is 0.322 e. The number of carbonyl (C=O) groups is 1. The Labute approximate surface area is 175 Å². The van der Waals surface area contributed by atoms with E-state index >= 15 is 0 Å². The molecule has 0 aliphatic rings. The van der Waals surface area contributed by atoms with Crippen molar-refractivity contribution in [2.45, 2.75) is 20.0 Å². The van der Waals surface area contributed by atoms with E-state index in [2.05, 4.69) is 10.3 Å². The summed E-state index contributed by atoms with van der Waals surface area (Å²) in [5, 5.41) is 3.87. The number of nitrogens with zero attached hydrogens (tertiary/aromatic N) is 1. The maximum Gasteiger partial charge on any atom is 0.322 e. The third kappa shape index (κ3) is 4.58. The number of aryl methyl sites for hydroxylation is 1. The molecule has 1 heterocycles. The Bertz CT molecular complexity index is 1220. The molecular weight excluding hydrogens is 374 g/mol. The standard InChI is InChI=1S/C25H23N3O2/c1-18-12-13-23-20(14-18)15-21(24(29)27-23)17-28(16-19-8-4-2-5-9-19)25(30)26-22-10-6-3-7-11-22/h2-15H,16-17H2,1H3,(H,26,30)(H,27,29). The van der Waals surface area contributed by atoms with Crippen LogP contribution in [0.3, 0.4) is 0 Å². The van der Waals surface area contributed by atoms with Gasteiger partial charge in [0.15, 0.2) is 0 Å². The number of anilines is 1. The first-order valence-electron chi connectivity index (χ1n) is 9.86. The molecule has 1 aromatic heterocycles. The fraction of sp³-hybridized carbons (Fsp3) is 0.120. The number of urea groups is 1. The maximum absolute atomic E-state index is 13.1. The molecule has 0 saturated carbocycles. The zero-order chi connectivity index (χ0) is 20.9. The van der Waals surface area contributed by atoms with E-state index in [9.17, 15) is 9.59 Å². The normalized spacial score (nSPS) is 10.7. The highest BCUT2D eigenvalue weighted by atomic mass is 16.2. The lowest BCUT2D eigenvalue weighted by molar-refractivity contribution is 0.206. The molecule has 5 nitrogen and oxygen atoms in total. The van der Waals surface area contributed by atoms with Gasteiger partial charge in [-0.25, -0.2) is 4.79 Å². The number of carbonyl (C=O) groups excluding carboxylic acids is 1. The van der Waals surface area contributed by atoms with Crippen molar-refractivity contribution in [2.24, 2.45) is 0 Å². The molecule has 0 unspecified atom stereocenters. The zero-order valence-electron chi connectivity index (χ0n) is 16.8. The van der Waals surface area contributed by atoms with Gasteiger partial charge in [-0.05, 0) is 48.2 Å². The number of rotatable bonds is 5. The Morgan fingerprint density at radius 3 is 2.33 bits per heavy atom. The summed E-state index contributed by atoms with van der Waals surface area (Å²) in [5.41, 5.74) is 3.97. The van der Waals surface area contributed by atoms with E-state index in [4.69, 9.17) is 0 Å². The molecule has 0 bridgehead atoms. The van der Waals surface area contributed by atoms with Gasteiger partial charge < -0.3 is 15.2 Å². The molecule has 2 N–H and O–H groups in total. The van der Waals surface area contributed by atoms with Crippen LogP contribution in [0.25, 0.3) is 10.9 Å². The number of aromatic amines is 1. The third-order valence-electron chi connectivity index (χ3n) is 4.97. The Balaban J connectivity index is 1.65. The topological polar surface area (TPSA) is 65.2 Å². The van der Waals surface area contributed by atoms with E-state index in [1.165, 1.54) is 0 Å². The lowest BCUT2D eigenvalue weighted by Crippen LogP contribution is -2.35. The second-order valence-corrected chi connectivity index (χ2v) is 7.35. The van der Waals surface area contributed by atoms with Gasteiger partial charge in [-0.1, -0.05) is 60.2 Å². The molecule has 0 fully saturated rings. The van der Waals surface area contributed by atoms with Gasteiger partial charge in [0.1, 0.15) is 0 Å². The van der Waals surface area contributed by atoms with E-state index in [1.54, 1.807) is 4.90 Å². The highest BCUT2D eigenvalue weighted by Gasteiger charge is 2.17. The summed E-state index contributed by atoms with van der Waals surface area (Å²) in [7, 11) is 0. The van der Waals surface area contributed by atoms with Crippen molar-refractivity contribution in [3.63, 3.8) is 0 Å². The molecular formula is C25H23N3O2. The Morgan fingerprint density at radius 2 is 1.60 bits per heavy atom. The van der Waals surface area contributed by atoms with Crippen LogP contribution in [0.1, 0.15) is 16.7 Å². The molecule has 5 heteroatoms. The Kier molecular flexibility index (Phi) is 5.61. The summed E-state index contributed by atoms with van der Waals surface area (Å²) < 4.78 is 0. The summed E-state index contributed by atoms with van der Waals surface area (Å²) in [4.78, 5) is 30.3. The van der Waals surface area contributed by atoms with E-state index in [1.807, 2.05) is 91.9 Å². The maximum atomic E-state index is 13.1. The Hall–Kier alpha value is -3.86. The van der Waals surface area contributed by atoms with Gasteiger partial charge in [-0.15, -0.1) is 0 Å². The van der Waals surface area contributed by atoms with Crippen LogP contribution in [-0.4, -0.2) is 15.9 Å². The molecule has 4 rings (SSSR count). The number of para-hydroxylation sites is 1. The number of hydrogen-bond acceptors (Lipinski definition) is 2. The van der Waals surface area contributed by atoms with Crippen LogP contribution < -0.4 is 10.9 Å². The molecule has 0 aliphatic heterocycles. The average molecular weight is 397 g/mol. The van der Waals surface area contributed by atoms with E-state index in [0.717, 1.165) is 22.0 Å². The molecule has 30 heavy (non-hydrogen) atoms. The van der Waals surface area contributed by atoms with Crippen LogP contribution in [-0.2, 0) is 13.1 Å². The van der Waals surface area contributed by atoms with Crippen LogP contribution in [0.4, 0.5) is 10.5 Å². The van der Waals surface area contributed by atoms with Crippen molar-refractivity contribution in [2.75, 3.05) is 5.32 Å². The second kappa shape index (κ2) is 8.66. The first kappa shape index (κ1) is 19.5. The van der Waals surface area contributed by atoms with Gasteiger partial charge in [-0.2, -0.15) is 0 Å². The molecule has 3 aromatic carbocycles. The lowest BCUT2D eigenvalue weighted by Gasteiger charge is -2.23. The summed E-state index contributed by atoms with van der Waals surface area (Å²) in [6.07, 6.45) is 0. The third-order valence-corrected chi connectivity index (χ3v) is 4.97. The molecule has 0 aliphatic carbocycles. The minimum Gasteiger partial charge on any atom is -0.322 e. The minimum absolute atomic E-state index is 0.183. The van der Waals surface area contributed by atoms with Crippen molar-refractivity contribution in [1.29, 1.82) is 0 Å². The monoisotopic (exact) mass is 397 g/mol. The fourth-order valence-electron chi connectivity index (χ4n) is 3.42. The number of hydrogen-bond donors (Lipinski definition) is 2. The van der Waals surface area contributed by atoms with Crippen LogP contribution in [0.5, 0.6) is 0 Å². The highest BCUT2D eigenvalue weighted by molar-refractivity contribution is 5.89. The smallest absolute Gasteiger partial charge is 0.322 e. The van der Waals surface area contributed by atoms with Crippen LogP contribution >= 0.6 is 0 Å². The SMILES string of the molecule is Cc1ccc2[nH]c(=O)c(CN(Cc3ccccc3)C(=O)Nc3ccccc3)cc2c1. The number of H-pyrrole nitrogens is 1. The number of aromatic nitrogens is 1. The number of amides is 2. The van der Waals surface area contributed by atoms with E-state index < -0.39 is 0 Å². The Morgan fingerprint density at radius 1 is 0.900 bits per heavy atom. The van der Waals surface area contributed by atoms with Gasteiger partial charge in [0, 0.05) is 23.3 Å². The van der Waals surface area contributed by atoms with Gasteiger partial charge >= 0.3 is 6.03 Å². The molecule has 0 radical (unpaired) electrons. The minimum atomic E-state index is -0.256. The molecule has 2 amide bonds. The average Bonchev–Trinajstić information content (AvgIpc) is 2.75. The quantitative estimate of drug-likeness (QED) is 0.494. The summed E-state index contributed by atoms with van der Waals surface area (Å²) in [5.74, 6) is 0. The number of benzene rings is 3. The first-order chi connectivity index (χ1) is 14.6. The van der Waals surface area contributed by atoms with Gasteiger partial charge in [-0.3, -0.25) is 4.79 Å². The van der Waals surface area contributed by atoms with E-state index in [0.29, 0.717) is 17.8 Å². The number of nitrogens with one attached hydrogen (secondary N) is 2. The molecule has 0 saturated heterocycles. The van der Waals surface area contributed by atoms with Gasteiger partial charge in [0.05, 0.1) is 6.54 Å². The molecule has 0 spiro atoms. The predicted octanol–water partition coefficient (Wildman–Crippen LogP) is 5.07. The van der Waals surface area contributed by atoms with Crippen LogP contribution in [0, 0.1) is 6.92 Å². The predicted molar refractivity (Wildman–Crippen MR) is 120 cm³/mol. The summed E-state index contributed by atoms with van der Waals surface area (Å²) in [6, 6.07) is 26.6. The van der Waals surface area contributed by atoms with E-state index in [-0.39, 0.29) is 18.1 Å². The first-order valence-corrected chi connectivity index (χ1v) is 9.86. The van der Waals surface area contributed by atoms with Crippen molar-refractivity contribution >= 4 is 22.6 Å². The van der Waals surface area contributed by atoms with Crippen molar-refractivity contribution in [3.05, 3.63) is 112 Å². The van der Waals surface area contributed by atoms with Gasteiger partial charge in [0.2, 0.25) is 0 Å². The number of pyridine rings is 1. The zero-order valence-corrected chi connectivity index (χ0v) is 16.8. The molecule has 150 valence electrons. The van der Waals surface area contributed by atoms with Crippen molar-refractivity contribution in [1.82, 2.24) is 9.88 Å². The fourth-order valence-corrected chi connectivity index (χ4v) is 3.42. The van der Waals surface area contributed by atoms with Crippen LogP contribution in [0.2, 0.25) is 0 Å². The molecule has 4 aromatic rings. The molecule has 0 atom stereocenters. The van der Waals surface area contributed by atoms with Crippen molar-refractivity contribution in [3.8, 4) is 0 Å². The van der Waals surface area contributed by atoms with Crippen LogP contribution in [0.15, 0.2) is 89.7 Å². The second-order valence-electron chi connectivity index (χ2n) is 7.35. The highest BCUT2D eigenvalue weighted by Crippen LogP contribution is 2.16.